The first-order chi connectivity index (χ1) is 6.00. The van der Waals surface area contributed by atoms with Gasteiger partial charge in [-0.1, -0.05) is 0 Å². The highest BCUT2D eigenvalue weighted by atomic mass is 79.9. The number of aromatic hydroxyl groups is 1. The molecule has 0 aliphatic heterocycles. The number of hydrogen-bond acceptors (Lipinski definition) is 2. The first-order valence-corrected chi connectivity index (χ1v) is 4.46. The van der Waals surface area contributed by atoms with E-state index in [1.807, 2.05) is 0 Å². The fourth-order valence-corrected chi connectivity index (χ4v) is 1.37. The molecule has 70 valence electrons. The monoisotopic (exact) mass is 246 g/mol. The van der Waals surface area contributed by atoms with Crippen LogP contribution >= 0.6 is 15.9 Å². The number of rotatable bonds is 2. The molecule has 0 spiro atoms. The zero-order valence-electron chi connectivity index (χ0n) is 6.97. The van der Waals surface area contributed by atoms with Gasteiger partial charge in [-0.15, -0.1) is 0 Å². The van der Waals surface area contributed by atoms with E-state index < -0.39 is 5.82 Å². The number of phenols is 1. The van der Waals surface area contributed by atoms with Crippen molar-refractivity contribution in [2.45, 2.75) is 13.3 Å². The Hall–Kier alpha value is -0.900. The van der Waals surface area contributed by atoms with E-state index in [-0.39, 0.29) is 23.5 Å². The Kier molecular flexibility index (Phi) is 3.03. The number of hydrogen-bond donors (Lipinski definition) is 1. The van der Waals surface area contributed by atoms with Gasteiger partial charge >= 0.3 is 0 Å². The van der Waals surface area contributed by atoms with Crippen LogP contribution in [0.5, 0.6) is 5.75 Å². The summed E-state index contributed by atoms with van der Waals surface area (Å²) in [4.78, 5) is 10.7. The van der Waals surface area contributed by atoms with Crippen molar-refractivity contribution in [2.75, 3.05) is 0 Å². The Morgan fingerprint density at radius 1 is 1.62 bits per heavy atom. The Labute approximate surface area is 83.5 Å². The molecule has 2 nitrogen and oxygen atoms in total. The third-order valence-electron chi connectivity index (χ3n) is 1.56. The van der Waals surface area contributed by atoms with Gasteiger partial charge in [0, 0.05) is 12.5 Å². The molecule has 1 N–H and O–H groups in total. The summed E-state index contributed by atoms with van der Waals surface area (Å²) < 4.78 is 13.5. The highest BCUT2D eigenvalue weighted by Gasteiger charge is 2.08. The van der Waals surface area contributed by atoms with Crippen LogP contribution in [0.2, 0.25) is 0 Å². The molecule has 1 aromatic rings. The second kappa shape index (κ2) is 3.87. The Balaban J connectivity index is 3.08. The standard InChI is InChI=1S/C9H8BrFO2/c1-5(12)2-6-3-7(10)9(13)4-8(6)11/h3-4,13H,2H2,1H3. The molecule has 0 saturated heterocycles. The van der Waals surface area contributed by atoms with Crippen molar-refractivity contribution in [3.63, 3.8) is 0 Å². The zero-order valence-corrected chi connectivity index (χ0v) is 8.56. The number of carbonyl (C=O) groups excluding carboxylic acids is 1. The van der Waals surface area contributed by atoms with Crippen molar-refractivity contribution >= 4 is 21.7 Å². The predicted octanol–water partition coefficient (Wildman–Crippen LogP) is 2.43. The number of benzene rings is 1. The molecule has 1 rings (SSSR count). The number of Topliss-reactive ketones (excluding diaryl/α,β-unsaturated/α-hetero) is 1. The van der Waals surface area contributed by atoms with Crippen molar-refractivity contribution in [3.8, 4) is 5.75 Å². The van der Waals surface area contributed by atoms with Crippen molar-refractivity contribution in [1.82, 2.24) is 0 Å². The third-order valence-corrected chi connectivity index (χ3v) is 2.19. The van der Waals surface area contributed by atoms with E-state index in [0.717, 1.165) is 6.07 Å². The molecule has 0 atom stereocenters. The summed E-state index contributed by atoms with van der Waals surface area (Å²) in [5, 5.41) is 9.09. The molecule has 0 aromatic heterocycles. The van der Waals surface area contributed by atoms with E-state index in [1.54, 1.807) is 0 Å². The summed E-state index contributed by atoms with van der Waals surface area (Å²) in [5.74, 6) is -0.836. The average molecular weight is 247 g/mol. The molecule has 0 heterocycles. The summed E-state index contributed by atoms with van der Waals surface area (Å²) in [6, 6.07) is 2.40. The molecular weight excluding hydrogens is 239 g/mol. The van der Waals surface area contributed by atoms with Gasteiger partial charge in [0.05, 0.1) is 4.47 Å². The second-order valence-electron chi connectivity index (χ2n) is 2.77. The normalized spacial score (nSPS) is 10.1. The molecule has 0 amide bonds. The van der Waals surface area contributed by atoms with Gasteiger partial charge in [0.1, 0.15) is 17.3 Å². The highest BCUT2D eigenvalue weighted by Crippen LogP contribution is 2.26. The van der Waals surface area contributed by atoms with E-state index in [2.05, 4.69) is 15.9 Å². The summed E-state index contributed by atoms with van der Waals surface area (Å²) in [6.45, 7) is 1.39. The first-order valence-electron chi connectivity index (χ1n) is 3.67. The summed E-state index contributed by atoms with van der Waals surface area (Å²) in [7, 11) is 0. The SMILES string of the molecule is CC(=O)Cc1cc(Br)c(O)cc1F. The quantitative estimate of drug-likeness (QED) is 0.871. The largest absolute Gasteiger partial charge is 0.507 e. The van der Waals surface area contributed by atoms with Crippen LogP contribution in [0.1, 0.15) is 12.5 Å². The lowest BCUT2D eigenvalue weighted by Gasteiger charge is -2.03. The van der Waals surface area contributed by atoms with E-state index in [1.165, 1.54) is 13.0 Å². The minimum Gasteiger partial charge on any atom is -0.507 e. The molecule has 0 saturated carbocycles. The highest BCUT2D eigenvalue weighted by molar-refractivity contribution is 9.10. The smallest absolute Gasteiger partial charge is 0.134 e. The van der Waals surface area contributed by atoms with Gasteiger partial charge in [0.2, 0.25) is 0 Å². The lowest BCUT2D eigenvalue weighted by atomic mass is 10.1. The van der Waals surface area contributed by atoms with Gasteiger partial charge in [-0.2, -0.15) is 0 Å². The maximum Gasteiger partial charge on any atom is 0.134 e. The molecule has 0 aliphatic carbocycles. The average Bonchev–Trinajstić information content (AvgIpc) is 1.99. The molecular formula is C9H8BrFO2. The van der Waals surface area contributed by atoms with Gasteiger partial charge in [0.25, 0.3) is 0 Å². The topological polar surface area (TPSA) is 37.3 Å². The van der Waals surface area contributed by atoms with Crippen LogP contribution in [-0.2, 0) is 11.2 Å². The second-order valence-corrected chi connectivity index (χ2v) is 3.63. The van der Waals surface area contributed by atoms with Crippen molar-refractivity contribution < 1.29 is 14.3 Å². The molecule has 1 aromatic carbocycles. The summed E-state index contributed by atoms with van der Waals surface area (Å²) in [6.07, 6.45) is 0.0463. The van der Waals surface area contributed by atoms with E-state index in [4.69, 9.17) is 5.11 Å². The molecule has 0 fully saturated rings. The fraction of sp³-hybridized carbons (Fsp3) is 0.222. The van der Waals surface area contributed by atoms with E-state index >= 15 is 0 Å². The number of halogens is 2. The molecule has 13 heavy (non-hydrogen) atoms. The van der Waals surface area contributed by atoms with Crippen molar-refractivity contribution in [2.24, 2.45) is 0 Å². The number of phenolic OH excluding ortho intramolecular Hbond substituents is 1. The molecule has 4 heteroatoms. The van der Waals surface area contributed by atoms with Crippen LogP contribution in [-0.4, -0.2) is 10.9 Å². The van der Waals surface area contributed by atoms with E-state index in [9.17, 15) is 9.18 Å². The maximum atomic E-state index is 13.1. The molecule has 0 radical (unpaired) electrons. The third kappa shape index (κ3) is 2.52. The minimum absolute atomic E-state index is 0.0463. The minimum atomic E-state index is -0.559. The maximum absolute atomic E-state index is 13.1. The van der Waals surface area contributed by atoms with Gasteiger partial charge in [-0.25, -0.2) is 4.39 Å². The molecule has 0 unspecified atom stereocenters. The van der Waals surface area contributed by atoms with Crippen LogP contribution in [0.3, 0.4) is 0 Å². The lowest BCUT2D eigenvalue weighted by molar-refractivity contribution is -0.116. The van der Waals surface area contributed by atoms with Crippen LogP contribution in [0.15, 0.2) is 16.6 Å². The Morgan fingerprint density at radius 3 is 2.77 bits per heavy atom. The Morgan fingerprint density at radius 2 is 2.23 bits per heavy atom. The number of ketones is 1. The van der Waals surface area contributed by atoms with Gasteiger partial charge in [-0.05, 0) is 34.5 Å². The van der Waals surface area contributed by atoms with Crippen molar-refractivity contribution in [1.29, 1.82) is 0 Å². The van der Waals surface area contributed by atoms with Crippen LogP contribution in [0.25, 0.3) is 0 Å². The zero-order chi connectivity index (χ0) is 10.0. The fourth-order valence-electron chi connectivity index (χ4n) is 0.981. The van der Waals surface area contributed by atoms with Crippen LogP contribution in [0.4, 0.5) is 4.39 Å². The van der Waals surface area contributed by atoms with Crippen LogP contribution < -0.4 is 0 Å². The molecule has 0 bridgehead atoms. The Bertz CT molecular complexity index is 350. The lowest BCUT2D eigenvalue weighted by Crippen LogP contribution is -1.99. The van der Waals surface area contributed by atoms with Gasteiger partial charge in [0.15, 0.2) is 0 Å². The van der Waals surface area contributed by atoms with Crippen LogP contribution in [0, 0.1) is 5.82 Å². The predicted molar refractivity (Wildman–Crippen MR) is 50.1 cm³/mol. The van der Waals surface area contributed by atoms with Crippen molar-refractivity contribution in [3.05, 3.63) is 28.0 Å². The summed E-state index contributed by atoms with van der Waals surface area (Å²) >= 11 is 3.04. The number of carbonyl (C=O) groups is 1. The summed E-state index contributed by atoms with van der Waals surface area (Å²) in [5.41, 5.74) is 0.289. The molecule has 0 aliphatic rings. The van der Waals surface area contributed by atoms with E-state index in [0.29, 0.717) is 4.47 Å². The van der Waals surface area contributed by atoms with Gasteiger partial charge in [-0.3, -0.25) is 4.79 Å². The van der Waals surface area contributed by atoms with Gasteiger partial charge < -0.3 is 5.11 Å². The first kappa shape index (κ1) is 10.2.